The van der Waals surface area contributed by atoms with Crippen molar-refractivity contribution in [2.45, 2.75) is 39.7 Å². The lowest BCUT2D eigenvalue weighted by Crippen LogP contribution is -2.47. The first kappa shape index (κ1) is 16.0. The van der Waals surface area contributed by atoms with Crippen LogP contribution in [0.3, 0.4) is 0 Å². The fourth-order valence-corrected chi connectivity index (χ4v) is 1.90. The molecule has 0 aliphatic rings. The number of phenolic OH excluding ortho intramolecular Hbond substituents is 1. The minimum Gasteiger partial charge on any atom is -0.508 e. The van der Waals surface area contributed by atoms with Gasteiger partial charge in [0, 0.05) is 5.41 Å². The van der Waals surface area contributed by atoms with E-state index in [1.165, 1.54) is 0 Å². The Hall–Kier alpha value is -2.04. The van der Waals surface area contributed by atoms with Crippen molar-refractivity contribution >= 4 is 11.9 Å². The second-order valence-electron chi connectivity index (χ2n) is 5.50. The molecular formula is C15H21NO4. The van der Waals surface area contributed by atoms with E-state index < -0.39 is 17.4 Å². The number of rotatable bonds is 6. The van der Waals surface area contributed by atoms with Gasteiger partial charge in [0.15, 0.2) is 0 Å². The van der Waals surface area contributed by atoms with Gasteiger partial charge in [-0.3, -0.25) is 4.79 Å². The Morgan fingerprint density at radius 3 is 2.25 bits per heavy atom. The molecular weight excluding hydrogens is 258 g/mol. The van der Waals surface area contributed by atoms with Gasteiger partial charge < -0.3 is 15.5 Å². The number of carbonyl (C=O) groups excluding carboxylic acids is 1. The third-order valence-corrected chi connectivity index (χ3v) is 3.21. The number of aromatic hydroxyl groups is 1. The maximum Gasteiger partial charge on any atom is 0.326 e. The van der Waals surface area contributed by atoms with Gasteiger partial charge in [-0.05, 0) is 30.5 Å². The number of hydrogen-bond donors (Lipinski definition) is 3. The van der Waals surface area contributed by atoms with E-state index in [1.807, 2.05) is 0 Å². The van der Waals surface area contributed by atoms with E-state index in [1.54, 1.807) is 45.0 Å². The molecule has 0 aliphatic carbocycles. The number of phenols is 1. The third-order valence-electron chi connectivity index (χ3n) is 3.21. The molecule has 0 heterocycles. The maximum atomic E-state index is 12.2. The number of carboxylic acid groups (broad SMARTS) is 1. The number of hydrogen-bond acceptors (Lipinski definition) is 3. The summed E-state index contributed by atoms with van der Waals surface area (Å²) in [5, 5.41) is 20.7. The first-order chi connectivity index (χ1) is 9.26. The number of carbonyl (C=O) groups is 2. The number of benzene rings is 1. The van der Waals surface area contributed by atoms with Crippen LogP contribution in [0.1, 0.15) is 32.8 Å². The smallest absolute Gasteiger partial charge is 0.326 e. The highest BCUT2D eigenvalue weighted by atomic mass is 16.4. The highest BCUT2D eigenvalue weighted by Gasteiger charge is 2.30. The van der Waals surface area contributed by atoms with E-state index in [4.69, 9.17) is 5.11 Å². The first-order valence-electron chi connectivity index (χ1n) is 6.58. The summed E-state index contributed by atoms with van der Waals surface area (Å²) in [7, 11) is 0. The summed E-state index contributed by atoms with van der Waals surface area (Å²) in [5.74, 6) is -1.14. The predicted molar refractivity (Wildman–Crippen MR) is 75.4 cm³/mol. The van der Waals surface area contributed by atoms with Gasteiger partial charge in [-0.15, -0.1) is 0 Å². The third kappa shape index (κ3) is 4.26. The summed E-state index contributed by atoms with van der Waals surface area (Å²) in [6.45, 7) is 5.25. The zero-order chi connectivity index (χ0) is 15.3. The van der Waals surface area contributed by atoms with Crippen molar-refractivity contribution in [3.05, 3.63) is 29.8 Å². The van der Waals surface area contributed by atoms with Crippen LogP contribution >= 0.6 is 0 Å². The highest BCUT2D eigenvalue weighted by Crippen LogP contribution is 2.23. The maximum absolute atomic E-state index is 12.2. The normalized spacial score (nSPS) is 12.8. The molecule has 3 N–H and O–H groups in total. The Labute approximate surface area is 118 Å². The molecule has 0 bridgehead atoms. The molecule has 0 aromatic heterocycles. The van der Waals surface area contributed by atoms with Gasteiger partial charge in [0.05, 0.1) is 0 Å². The van der Waals surface area contributed by atoms with Gasteiger partial charge >= 0.3 is 5.97 Å². The van der Waals surface area contributed by atoms with Gasteiger partial charge in [0.25, 0.3) is 0 Å². The Morgan fingerprint density at radius 2 is 1.80 bits per heavy atom. The Kier molecular flexibility index (Phi) is 5.13. The summed E-state index contributed by atoms with van der Waals surface area (Å²) >= 11 is 0. The molecule has 5 nitrogen and oxygen atoms in total. The average Bonchev–Trinajstić information content (AvgIpc) is 2.37. The van der Waals surface area contributed by atoms with Crippen LogP contribution in [0.5, 0.6) is 5.75 Å². The quantitative estimate of drug-likeness (QED) is 0.742. The van der Waals surface area contributed by atoms with Crippen LogP contribution < -0.4 is 5.32 Å². The molecule has 1 aromatic carbocycles. The van der Waals surface area contributed by atoms with Crippen LogP contribution in [0, 0.1) is 5.41 Å². The number of aliphatic carboxylic acids is 1. The predicted octanol–water partition coefficient (Wildman–Crippen LogP) is 1.94. The van der Waals surface area contributed by atoms with E-state index in [0.29, 0.717) is 12.8 Å². The lowest BCUT2D eigenvalue weighted by Gasteiger charge is -2.25. The van der Waals surface area contributed by atoms with E-state index >= 15 is 0 Å². The van der Waals surface area contributed by atoms with Crippen LogP contribution in [-0.2, 0) is 16.0 Å². The van der Waals surface area contributed by atoms with Gasteiger partial charge in [0.2, 0.25) is 5.91 Å². The fraction of sp³-hybridized carbons (Fsp3) is 0.467. The molecule has 1 atom stereocenters. The highest BCUT2D eigenvalue weighted by molar-refractivity contribution is 5.87. The van der Waals surface area contributed by atoms with Crippen molar-refractivity contribution in [1.29, 1.82) is 0 Å². The van der Waals surface area contributed by atoms with Crippen LogP contribution in [0.25, 0.3) is 0 Å². The monoisotopic (exact) mass is 279 g/mol. The zero-order valence-electron chi connectivity index (χ0n) is 12.0. The van der Waals surface area contributed by atoms with Crippen LogP contribution in [0.2, 0.25) is 0 Å². The van der Waals surface area contributed by atoms with Crippen LogP contribution in [0.4, 0.5) is 0 Å². The molecule has 0 saturated carbocycles. The van der Waals surface area contributed by atoms with Crippen molar-refractivity contribution in [2.24, 2.45) is 5.41 Å². The summed E-state index contributed by atoms with van der Waals surface area (Å²) in [6, 6.07) is 5.77. The fourth-order valence-electron chi connectivity index (χ4n) is 1.90. The van der Waals surface area contributed by atoms with Crippen molar-refractivity contribution in [3.63, 3.8) is 0 Å². The first-order valence-corrected chi connectivity index (χ1v) is 6.58. The zero-order valence-corrected chi connectivity index (χ0v) is 12.0. The molecule has 1 rings (SSSR count). The lowest BCUT2D eigenvalue weighted by atomic mass is 9.84. The molecule has 0 aliphatic heterocycles. The van der Waals surface area contributed by atoms with E-state index in [0.717, 1.165) is 5.56 Å². The summed E-state index contributed by atoms with van der Waals surface area (Å²) < 4.78 is 0. The minimum absolute atomic E-state index is 0.174. The van der Waals surface area contributed by atoms with Crippen molar-refractivity contribution in [2.75, 3.05) is 0 Å². The van der Waals surface area contributed by atoms with Crippen LogP contribution in [0.15, 0.2) is 24.3 Å². The Balaban J connectivity index is 2.74. The molecule has 0 radical (unpaired) electrons. The second kappa shape index (κ2) is 6.41. The molecule has 20 heavy (non-hydrogen) atoms. The number of carboxylic acids is 1. The molecule has 0 fully saturated rings. The topological polar surface area (TPSA) is 86.6 Å². The summed E-state index contributed by atoms with van der Waals surface area (Å²) in [4.78, 5) is 23.1. The summed E-state index contributed by atoms with van der Waals surface area (Å²) in [5.41, 5.74) is 0.186. The van der Waals surface area contributed by atoms with Crippen LogP contribution in [-0.4, -0.2) is 28.1 Å². The average molecular weight is 279 g/mol. The van der Waals surface area contributed by atoms with Crippen molar-refractivity contribution < 1.29 is 19.8 Å². The molecule has 1 amide bonds. The molecule has 0 spiro atoms. The number of nitrogens with one attached hydrogen (secondary N) is 1. The minimum atomic E-state index is -1.03. The van der Waals surface area contributed by atoms with Gasteiger partial charge in [0.1, 0.15) is 11.8 Å². The second-order valence-corrected chi connectivity index (χ2v) is 5.50. The standard InChI is InChI=1S/C15H21NO4/c1-4-12(13(18)19)16-14(20)15(2,3)9-10-5-7-11(17)8-6-10/h5-8,12,17H,4,9H2,1-3H3,(H,16,20)(H,18,19). The Morgan fingerprint density at radius 1 is 1.25 bits per heavy atom. The molecule has 0 saturated heterocycles. The summed E-state index contributed by atoms with van der Waals surface area (Å²) in [6.07, 6.45) is 0.811. The Bertz CT molecular complexity index is 479. The number of amides is 1. The molecule has 1 unspecified atom stereocenters. The van der Waals surface area contributed by atoms with Gasteiger partial charge in [-0.1, -0.05) is 32.9 Å². The molecule has 110 valence electrons. The van der Waals surface area contributed by atoms with E-state index in [9.17, 15) is 14.7 Å². The van der Waals surface area contributed by atoms with Crippen molar-refractivity contribution in [1.82, 2.24) is 5.32 Å². The lowest BCUT2D eigenvalue weighted by molar-refractivity contribution is -0.143. The van der Waals surface area contributed by atoms with E-state index in [2.05, 4.69) is 5.32 Å². The molecule has 5 heteroatoms. The van der Waals surface area contributed by atoms with Crippen molar-refractivity contribution in [3.8, 4) is 5.75 Å². The SMILES string of the molecule is CCC(NC(=O)C(C)(C)Cc1ccc(O)cc1)C(=O)O. The largest absolute Gasteiger partial charge is 0.508 e. The van der Waals surface area contributed by atoms with Gasteiger partial charge in [-0.25, -0.2) is 4.79 Å². The van der Waals surface area contributed by atoms with Gasteiger partial charge in [-0.2, -0.15) is 0 Å². The van der Waals surface area contributed by atoms with E-state index in [-0.39, 0.29) is 11.7 Å². The molecule has 1 aromatic rings.